The molecule has 1 N–H and O–H groups in total. The molecule has 2 aromatic rings. The minimum absolute atomic E-state index is 0.0656. The summed E-state index contributed by atoms with van der Waals surface area (Å²) in [4.78, 5) is 19.9. The molecule has 4 rings (SSSR count). The molecule has 0 saturated heterocycles. The number of hydrogen-bond donors (Lipinski definition) is 1. The van der Waals surface area contributed by atoms with Gasteiger partial charge < -0.3 is 10.2 Å². The van der Waals surface area contributed by atoms with Gasteiger partial charge in [0.1, 0.15) is 5.82 Å². The molecule has 0 unspecified atom stereocenters. The molecule has 5 heteroatoms. The second-order valence-corrected chi connectivity index (χ2v) is 7.20. The van der Waals surface area contributed by atoms with Gasteiger partial charge in [-0.3, -0.25) is 9.78 Å². The summed E-state index contributed by atoms with van der Waals surface area (Å²) in [5.74, 6) is -0.383. The highest BCUT2D eigenvalue weighted by molar-refractivity contribution is 6.01. The van der Waals surface area contributed by atoms with E-state index in [0.29, 0.717) is 5.69 Å². The Labute approximate surface area is 152 Å². The molecule has 1 aliphatic carbocycles. The molecule has 2 heterocycles. The average molecular weight is 351 g/mol. The molecule has 1 aliphatic heterocycles. The van der Waals surface area contributed by atoms with Gasteiger partial charge in [-0.2, -0.15) is 0 Å². The number of allylic oxidation sites excluding steroid dienone is 1. The highest BCUT2D eigenvalue weighted by Gasteiger charge is 2.52. The Kier molecular flexibility index (Phi) is 4.02. The van der Waals surface area contributed by atoms with Crippen molar-refractivity contribution in [2.75, 3.05) is 16.8 Å². The molecule has 0 bridgehead atoms. The SMILES string of the molecule is C=C(C)N1CCCc2nc(C3(C(=O)Nc4ccc(F)cc4)CC3)ccc21. The molecule has 1 fully saturated rings. The lowest BCUT2D eigenvalue weighted by Crippen LogP contribution is -2.31. The van der Waals surface area contributed by atoms with Crippen molar-refractivity contribution < 1.29 is 9.18 Å². The Hall–Kier alpha value is -2.69. The van der Waals surface area contributed by atoms with E-state index in [0.717, 1.165) is 55.0 Å². The Morgan fingerprint density at radius 3 is 2.62 bits per heavy atom. The average Bonchev–Trinajstić information content (AvgIpc) is 3.44. The number of rotatable bonds is 4. The number of aryl methyl sites for hydroxylation is 1. The van der Waals surface area contributed by atoms with Crippen LogP contribution in [0, 0.1) is 5.82 Å². The third-order valence-electron chi connectivity index (χ3n) is 5.27. The molecule has 1 saturated carbocycles. The topological polar surface area (TPSA) is 45.2 Å². The highest BCUT2D eigenvalue weighted by atomic mass is 19.1. The maximum atomic E-state index is 13.1. The van der Waals surface area contributed by atoms with E-state index < -0.39 is 5.41 Å². The van der Waals surface area contributed by atoms with Gasteiger partial charge in [0.25, 0.3) is 0 Å². The van der Waals surface area contributed by atoms with Crippen molar-refractivity contribution in [3.8, 4) is 0 Å². The minimum atomic E-state index is -0.561. The van der Waals surface area contributed by atoms with E-state index in [1.54, 1.807) is 12.1 Å². The normalized spacial score (nSPS) is 17.4. The van der Waals surface area contributed by atoms with Crippen LogP contribution in [0.1, 0.15) is 37.6 Å². The van der Waals surface area contributed by atoms with Crippen LogP contribution >= 0.6 is 0 Å². The quantitative estimate of drug-likeness (QED) is 0.899. The molecule has 1 amide bonds. The third-order valence-corrected chi connectivity index (χ3v) is 5.27. The second kappa shape index (κ2) is 6.24. The van der Waals surface area contributed by atoms with Crippen LogP contribution in [-0.2, 0) is 16.6 Å². The zero-order chi connectivity index (χ0) is 18.3. The van der Waals surface area contributed by atoms with Crippen LogP contribution in [-0.4, -0.2) is 17.4 Å². The lowest BCUT2D eigenvalue weighted by molar-refractivity contribution is -0.118. The van der Waals surface area contributed by atoms with E-state index in [-0.39, 0.29) is 11.7 Å². The van der Waals surface area contributed by atoms with Gasteiger partial charge >= 0.3 is 0 Å². The molecular formula is C21H22FN3O. The summed E-state index contributed by atoms with van der Waals surface area (Å²) in [6.07, 6.45) is 3.53. The minimum Gasteiger partial charge on any atom is -0.345 e. The van der Waals surface area contributed by atoms with Gasteiger partial charge in [-0.25, -0.2) is 4.39 Å². The number of halogens is 1. The molecule has 1 aromatic heterocycles. The number of nitrogens with zero attached hydrogens (tertiary/aromatic N) is 2. The fourth-order valence-electron chi connectivity index (χ4n) is 3.62. The maximum Gasteiger partial charge on any atom is 0.236 e. The summed E-state index contributed by atoms with van der Waals surface area (Å²) >= 11 is 0. The molecule has 0 spiro atoms. The van der Waals surface area contributed by atoms with E-state index >= 15 is 0 Å². The van der Waals surface area contributed by atoms with Crippen LogP contribution in [0.2, 0.25) is 0 Å². The third kappa shape index (κ3) is 2.87. The van der Waals surface area contributed by atoms with Gasteiger partial charge in [0.15, 0.2) is 0 Å². The number of fused-ring (bicyclic) bond motifs is 1. The van der Waals surface area contributed by atoms with Crippen LogP contribution in [0.4, 0.5) is 15.8 Å². The van der Waals surface area contributed by atoms with Crippen molar-refractivity contribution in [2.45, 2.75) is 38.0 Å². The largest absolute Gasteiger partial charge is 0.345 e. The number of nitrogens with one attached hydrogen (secondary N) is 1. The number of carbonyl (C=O) groups excluding carboxylic acids is 1. The summed E-state index contributed by atoms with van der Waals surface area (Å²) in [6, 6.07) is 9.88. The first-order valence-corrected chi connectivity index (χ1v) is 9.00. The number of aromatic nitrogens is 1. The van der Waals surface area contributed by atoms with Crippen molar-refractivity contribution in [1.29, 1.82) is 0 Å². The second-order valence-electron chi connectivity index (χ2n) is 7.20. The van der Waals surface area contributed by atoms with Crippen molar-refractivity contribution >= 4 is 17.3 Å². The molecule has 134 valence electrons. The monoisotopic (exact) mass is 351 g/mol. The lowest BCUT2D eigenvalue weighted by Gasteiger charge is -2.31. The molecule has 4 nitrogen and oxygen atoms in total. The van der Waals surface area contributed by atoms with Gasteiger partial charge in [-0.1, -0.05) is 6.58 Å². The van der Waals surface area contributed by atoms with Gasteiger partial charge in [0, 0.05) is 17.9 Å². The van der Waals surface area contributed by atoms with Crippen molar-refractivity contribution in [1.82, 2.24) is 4.98 Å². The van der Waals surface area contributed by atoms with Crippen molar-refractivity contribution in [3.05, 3.63) is 65.9 Å². The molecular weight excluding hydrogens is 329 g/mol. The lowest BCUT2D eigenvalue weighted by atomic mass is 9.98. The smallest absolute Gasteiger partial charge is 0.236 e. The Bertz CT molecular complexity index is 871. The number of benzene rings is 1. The summed E-state index contributed by atoms with van der Waals surface area (Å²) in [6.45, 7) is 7.01. The summed E-state index contributed by atoms with van der Waals surface area (Å²) in [5, 5.41) is 2.91. The van der Waals surface area contributed by atoms with Crippen LogP contribution in [0.5, 0.6) is 0 Å². The summed E-state index contributed by atoms with van der Waals surface area (Å²) < 4.78 is 13.1. The van der Waals surface area contributed by atoms with Crippen LogP contribution in [0.3, 0.4) is 0 Å². The first-order valence-electron chi connectivity index (χ1n) is 9.00. The number of pyridine rings is 1. The molecule has 2 aliphatic rings. The van der Waals surface area contributed by atoms with E-state index in [1.165, 1.54) is 12.1 Å². The number of hydrogen-bond acceptors (Lipinski definition) is 3. The van der Waals surface area contributed by atoms with Crippen LogP contribution < -0.4 is 10.2 Å². The first kappa shape index (κ1) is 16.8. The Morgan fingerprint density at radius 1 is 1.23 bits per heavy atom. The zero-order valence-corrected chi connectivity index (χ0v) is 14.9. The van der Waals surface area contributed by atoms with Gasteiger partial charge in [0.2, 0.25) is 5.91 Å². The fourth-order valence-corrected chi connectivity index (χ4v) is 3.62. The van der Waals surface area contributed by atoms with E-state index in [2.05, 4.69) is 22.9 Å². The standard InChI is InChI=1S/C21H22FN3O/c1-14(2)25-13-3-4-17-18(25)9-10-19(24-17)21(11-12-21)20(26)23-16-7-5-15(22)6-8-16/h5-10H,1,3-4,11-13H2,2H3,(H,23,26). The predicted molar refractivity (Wildman–Crippen MR) is 101 cm³/mol. The van der Waals surface area contributed by atoms with E-state index in [9.17, 15) is 9.18 Å². The van der Waals surface area contributed by atoms with Gasteiger partial charge in [-0.05, 0) is 69.0 Å². The molecule has 0 atom stereocenters. The predicted octanol–water partition coefficient (Wildman–Crippen LogP) is 4.18. The summed E-state index contributed by atoms with van der Waals surface area (Å²) in [7, 11) is 0. The maximum absolute atomic E-state index is 13.1. The van der Waals surface area contributed by atoms with Crippen molar-refractivity contribution in [2.24, 2.45) is 0 Å². The highest BCUT2D eigenvalue weighted by Crippen LogP contribution is 2.49. The van der Waals surface area contributed by atoms with E-state index in [4.69, 9.17) is 4.98 Å². The van der Waals surface area contributed by atoms with Crippen LogP contribution in [0.25, 0.3) is 0 Å². The fraction of sp³-hybridized carbons (Fsp3) is 0.333. The number of anilines is 2. The number of amides is 1. The molecule has 0 radical (unpaired) electrons. The Balaban J connectivity index is 1.59. The zero-order valence-electron chi connectivity index (χ0n) is 14.9. The van der Waals surface area contributed by atoms with Crippen molar-refractivity contribution in [3.63, 3.8) is 0 Å². The van der Waals surface area contributed by atoms with Crippen LogP contribution in [0.15, 0.2) is 48.7 Å². The van der Waals surface area contributed by atoms with Gasteiger partial charge in [-0.15, -0.1) is 0 Å². The Morgan fingerprint density at radius 2 is 1.96 bits per heavy atom. The summed E-state index contributed by atoms with van der Waals surface area (Å²) in [5.41, 5.74) is 4.03. The van der Waals surface area contributed by atoms with Gasteiger partial charge in [0.05, 0.1) is 22.5 Å². The van der Waals surface area contributed by atoms with E-state index in [1.807, 2.05) is 13.0 Å². The first-order chi connectivity index (χ1) is 12.5. The molecule has 1 aromatic carbocycles. The number of carbonyl (C=O) groups is 1. The molecule has 26 heavy (non-hydrogen) atoms.